The van der Waals surface area contributed by atoms with Gasteiger partial charge in [-0.3, -0.25) is 4.79 Å². The van der Waals surface area contributed by atoms with Crippen LogP contribution in [0, 0.1) is 0 Å². The van der Waals surface area contributed by atoms with Crippen LogP contribution in [0.15, 0.2) is 72.8 Å². The fraction of sp³-hybridized carbons (Fsp3) is 0.0476. The molecule has 3 N–H and O–H groups in total. The highest BCUT2D eigenvalue weighted by Gasteiger charge is 2.08. The second-order valence-corrected chi connectivity index (χ2v) is 6.78. The molecule has 0 atom stereocenters. The Hall–Kier alpha value is -3.22. The summed E-state index contributed by atoms with van der Waals surface area (Å²) in [4.78, 5) is 24.0. The Morgan fingerprint density at radius 2 is 1.34 bits per heavy atom. The van der Waals surface area contributed by atoms with E-state index in [0.717, 1.165) is 0 Å². The molecule has 0 heterocycles. The number of rotatable bonds is 6. The van der Waals surface area contributed by atoms with Crippen LogP contribution in [0.5, 0.6) is 5.75 Å². The lowest BCUT2D eigenvalue weighted by Crippen LogP contribution is -2.20. The van der Waals surface area contributed by atoms with Crippen molar-refractivity contribution >= 4 is 52.2 Å². The lowest BCUT2D eigenvalue weighted by Gasteiger charge is -2.10. The first-order valence-electron chi connectivity index (χ1n) is 8.60. The lowest BCUT2D eigenvalue weighted by atomic mass is 10.2. The van der Waals surface area contributed by atoms with Crippen molar-refractivity contribution in [2.75, 3.05) is 22.6 Å². The summed E-state index contributed by atoms with van der Waals surface area (Å²) in [5.74, 6) is 0.0220. The molecule has 0 radical (unpaired) electrons. The van der Waals surface area contributed by atoms with Crippen LogP contribution in [-0.2, 0) is 4.79 Å². The Bertz CT molecular complexity index is 996. The molecule has 0 bridgehead atoms. The van der Waals surface area contributed by atoms with Crippen molar-refractivity contribution in [3.63, 3.8) is 0 Å². The van der Waals surface area contributed by atoms with Gasteiger partial charge in [-0.2, -0.15) is 0 Å². The van der Waals surface area contributed by atoms with Gasteiger partial charge in [0.25, 0.3) is 5.91 Å². The summed E-state index contributed by atoms with van der Waals surface area (Å²) in [6.07, 6.45) is 0. The highest BCUT2D eigenvalue weighted by atomic mass is 35.5. The van der Waals surface area contributed by atoms with Gasteiger partial charge in [0.2, 0.25) is 0 Å². The standard InChI is InChI=1S/C21H17Cl2N3O3/c22-14-6-11-19(18(23)12-14)29-13-20(27)24-16-7-9-17(10-8-16)26-21(28)25-15-4-2-1-3-5-15/h1-12H,13H2,(H,24,27)(H2,25,26,28). The molecule has 0 aliphatic carbocycles. The molecule has 29 heavy (non-hydrogen) atoms. The van der Waals surface area contributed by atoms with Crippen molar-refractivity contribution in [3.8, 4) is 5.75 Å². The molecule has 0 fully saturated rings. The van der Waals surface area contributed by atoms with E-state index in [1.807, 2.05) is 18.2 Å². The second kappa shape index (κ2) is 9.82. The zero-order chi connectivity index (χ0) is 20.6. The number of para-hydroxylation sites is 1. The Labute approximate surface area is 177 Å². The summed E-state index contributed by atoms with van der Waals surface area (Å²) in [6, 6.07) is 20.2. The molecule has 3 aromatic carbocycles. The molecule has 0 aromatic heterocycles. The van der Waals surface area contributed by atoms with E-state index in [9.17, 15) is 9.59 Å². The molecule has 0 saturated heterocycles. The molecular weight excluding hydrogens is 413 g/mol. The predicted octanol–water partition coefficient (Wildman–Crippen LogP) is 5.65. The summed E-state index contributed by atoms with van der Waals surface area (Å²) in [5, 5.41) is 8.95. The van der Waals surface area contributed by atoms with E-state index < -0.39 is 0 Å². The molecule has 148 valence electrons. The van der Waals surface area contributed by atoms with Gasteiger partial charge in [-0.05, 0) is 54.6 Å². The summed E-state index contributed by atoms with van der Waals surface area (Å²) in [7, 11) is 0. The van der Waals surface area contributed by atoms with Crippen molar-refractivity contribution in [1.29, 1.82) is 0 Å². The Morgan fingerprint density at radius 3 is 1.97 bits per heavy atom. The van der Waals surface area contributed by atoms with E-state index in [1.54, 1.807) is 48.5 Å². The zero-order valence-electron chi connectivity index (χ0n) is 15.1. The van der Waals surface area contributed by atoms with Crippen LogP contribution in [0.4, 0.5) is 21.9 Å². The molecule has 3 aromatic rings. The Morgan fingerprint density at radius 1 is 0.759 bits per heavy atom. The van der Waals surface area contributed by atoms with Gasteiger partial charge in [0.1, 0.15) is 5.75 Å². The third-order valence-corrected chi connectivity index (χ3v) is 4.24. The molecular formula is C21H17Cl2N3O3. The average molecular weight is 430 g/mol. The molecule has 0 spiro atoms. The van der Waals surface area contributed by atoms with Crippen molar-refractivity contribution < 1.29 is 14.3 Å². The van der Waals surface area contributed by atoms with Crippen LogP contribution in [0.2, 0.25) is 10.0 Å². The van der Waals surface area contributed by atoms with Gasteiger partial charge in [0.15, 0.2) is 6.61 Å². The van der Waals surface area contributed by atoms with Gasteiger partial charge in [-0.1, -0.05) is 41.4 Å². The first-order chi connectivity index (χ1) is 14.0. The number of carbonyl (C=O) groups is 2. The number of ether oxygens (including phenoxy) is 1. The summed E-state index contributed by atoms with van der Waals surface area (Å²) in [6.45, 7) is -0.208. The van der Waals surface area contributed by atoms with Crippen LogP contribution in [0.1, 0.15) is 0 Å². The van der Waals surface area contributed by atoms with E-state index in [1.165, 1.54) is 6.07 Å². The third-order valence-electron chi connectivity index (χ3n) is 3.71. The number of halogens is 2. The topological polar surface area (TPSA) is 79.5 Å². The molecule has 3 rings (SSSR count). The first kappa shape index (κ1) is 20.5. The van der Waals surface area contributed by atoms with Gasteiger partial charge in [-0.15, -0.1) is 0 Å². The average Bonchev–Trinajstić information content (AvgIpc) is 2.69. The van der Waals surface area contributed by atoms with Crippen molar-refractivity contribution in [1.82, 2.24) is 0 Å². The van der Waals surface area contributed by atoms with Crippen LogP contribution >= 0.6 is 23.2 Å². The van der Waals surface area contributed by atoms with Gasteiger partial charge >= 0.3 is 6.03 Å². The monoisotopic (exact) mass is 429 g/mol. The number of urea groups is 1. The van der Waals surface area contributed by atoms with Crippen molar-refractivity contribution in [3.05, 3.63) is 82.8 Å². The SMILES string of the molecule is O=C(COc1ccc(Cl)cc1Cl)Nc1ccc(NC(=O)Nc2ccccc2)cc1. The van der Waals surface area contributed by atoms with E-state index in [2.05, 4.69) is 16.0 Å². The lowest BCUT2D eigenvalue weighted by molar-refractivity contribution is -0.118. The zero-order valence-corrected chi connectivity index (χ0v) is 16.6. The quantitative estimate of drug-likeness (QED) is 0.473. The number of hydrogen-bond donors (Lipinski definition) is 3. The molecule has 0 aliphatic rings. The third kappa shape index (κ3) is 6.41. The smallest absolute Gasteiger partial charge is 0.323 e. The van der Waals surface area contributed by atoms with E-state index in [-0.39, 0.29) is 18.5 Å². The van der Waals surface area contributed by atoms with Crippen LogP contribution in [0.3, 0.4) is 0 Å². The minimum absolute atomic E-state index is 0.208. The minimum Gasteiger partial charge on any atom is -0.482 e. The number of carbonyl (C=O) groups excluding carboxylic acids is 2. The van der Waals surface area contributed by atoms with Gasteiger partial charge < -0.3 is 20.7 Å². The first-order valence-corrected chi connectivity index (χ1v) is 9.36. The van der Waals surface area contributed by atoms with E-state index in [4.69, 9.17) is 27.9 Å². The summed E-state index contributed by atoms with van der Waals surface area (Å²) >= 11 is 11.8. The van der Waals surface area contributed by atoms with E-state index in [0.29, 0.717) is 32.9 Å². The van der Waals surface area contributed by atoms with Crippen molar-refractivity contribution in [2.24, 2.45) is 0 Å². The number of hydrogen-bond acceptors (Lipinski definition) is 3. The number of amides is 3. The fourth-order valence-corrected chi connectivity index (χ4v) is 2.85. The minimum atomic E-state index is -0.360. The van der Waals surface area contributed by atoms with E-state index >= 15 is 0 Å². The molecule has 8 heteroatoms. The highest BCUT2D eigenvalue weighted by molar-refractivity contribution is 6.35. The maximum atomic E-state index is 12.0. The van der Waals surface area contributed by atoms with Gasteiger partial charge in [0, 0.05) is 22.1 Å². The van der Waals surface area contributed by atoms with Crippen LogP contribution in [0.25, 0.3) is 0 Å². The van der Waals surface area contributed by atoms with Gasteiger partial charge in [-0.25, -0.2) is 4.79 Å². The fourth-order valence-electron chi connectivity index (χ4n) is 2.38. The van der Waals surface area contributed by atoms with Crippen LogP contribution < -0.4 is 20.7 Å². The highest BCUT2D eigenvalue weighted by Crippen LogP contribution is 2.27. The molecule has 0 saturated carbocycles. The molecule has 3 amide bonds. The largest absolute Gasteiger partial charge is 0.482 e. The molecule has 6 nitrogen and oxygen atoms in total. The van der Waals surface area contributed by atoms with Crippen molar-refractivity contribution in [2.45, 2.75) is 0 Å². The summed E-state index contributed by atoms with van der Waals surface area (Å²) < 4.78 is 5.39. The number of anilines is 3. The molecule has 0 aliphatic heterocycles. The molecule has 0 unspecified atom stereocenters. The predicted molar refractivity (Wildman–Crippen MR) is 116 cm³/mol. The Balaban J connectivity index is 1.48. The van der Waals surface area contributed by atoms with Crippen LogP contribution in [-0.4, -0.2) is 18.5 Å². The maximum absolute atomic E-state index is 12.0. The summed E-state index contributed by atoms with van der Waals surface area (Å²) in [5.41, 5.74) is 1.84. The number of nitrogens with one attached hydrogen (secondary N) is 3. The number of benzene rings is 3. The second-order valence-electron chi connectivity index (χ2n) is 5.93. The normalized spacial score (nSPS) is 10.1. The van der Waals surface area contributed by atoms with Gasteiger partial charge in [0.05, 0.1) is 5.02 Å². The maximum Gasteiger partial charge on any atom is 0.323 e. The Kier molecular flexibility index (Phi) is 6.94.